The van der Waals surface area contributed by atoms with E-state index in [0.717, 1.165) is 11.0 Å². The van der Waals surface area contributed by atoms with Crippen molar-refractivity contribution >= 4 is 26.0 Å². The maximum Gasteiger partial charge on any atom is 0.233 e. The highest BCUT2D eigenvalue weighted by Gasteiger charge is 2.04. The van der Waals surface area contributed by atoms with E-state index >= 15 is 0 Å². The molecule has 16 heavy (non-hydrogen) atoms. The number of benzene rings is 1. The molecule has 0 aliphatic heterocycles. The first-order valence-electron chi connectivity index (χ1n) is 4.50. The molecule has 1 rings (SSSR count). The van der Waals surface area contributed by atoms with Crippen molar-refractivity contribution in [1.29, 1.82) is 0 Å². The number of sulfonamides is 1. The third-order valence-electron chi connectivity index (χ3n) is 1.86. The molecule has 0 amide bonds. The van der Waals surface area contributed by atoms with Crippen molar-refractivity contribution < 1.29 is 12.8 Å². The highest BCUT2D eigenvalue weighted by atomic mass is 79.9. The van der Waals surface area contributed by atoms with Crippen LogP contribution < -0.4 is 4.72 Å². The van der Waals surface area contributed by atoms with Gasteiger partial charge in [-0.05, 0) is 30.2 Å². The molecule has 0 saturated carbocycles. The average molecular weight is 308 g/mol. The molecule has 1 aromatic carbocycles. The van der Waals surface area contributed by atoms with Crippen LogP contribution in [0.1, 0.15) is 5.56 Å². The van der Waals surface area contributed by atoms with Crippen molar-refractivity contribution in [3.63, 3.8) is 0 Å². The van der Waals surface area contributed by atoms with E-state index in [1.807, 2.05) is 0 Å². The number of rotatable bonds is 5. The first kappa shape index (κ1) is 13.3. The summed E-state index contributed by atoms with van der Waals surface area (Å²) in [6.07, 6.45) is 0.420. The standard InChI is InChI=1S/C10H11BrFNO2S/c1-2-16(14,15)13-4-3-8-5-9(11)7-10(12)6-8/h2,5-7,13H,1,3-4H2. The molecule has 0 radical (unpaired) electrons. The zero-order chi connectivity index (χ0) is 12.2. The normalized spacial score (nSPS) is 11.4. The van der Waals surface area contributed by atoms with Gasteiger partial charge in [-0.25, -0.2) is 17.5 Å². The molecular weight excluding hydrogens is 297 g/mol. The van der Waals surface area contributed by atoms with Gasteiger partial charge in [0.1, 0.15) is 5.82 Å². The van der Waals surface area contributed by atoms with Crippen LogP contribution in [-0.4, -0.2) is 15.0 Å². The summed E-state index contributed by atoms with van der Waals surface area (Å²) in [5.74, 6) is -0.351. The summed E-state index contributed by atoms with van der Waals surface area (Å²) in [6, 6.07) is 4.45. The minimum absolute atomic E-state index is 0.213. The average Bonchev–Trinajstić information content (AvgIpc) is 2.16. The van der Waals surface area contributed by atoms with Gasteiger partial charge in [-0.3, -0.25) is 0 Å². The Morgan fingerprint density at radius 3 is 2.69 bits per heavy atom. The SMILES string of the molecule is C=CS(=O)(=O)NCCc1cc(F)cc(Br)c1. The van der Waals surface area contributed by atoms with Crippen molar-refractivity contribution in [1.82, 2.24) is 4.72 Å². The third kappa shape index (κ3) is 4.42. The van der Waals surface area contributed by atoms with E-state index in [1.54, 1.807) is 6.07 Å². The molecule has 0 heterocycles. The van der Waals surface area contributed by atoms with Crippen LogP contribution in [0.2, 0.25) is 0 Å². The molecule has 0 atom stereocenters. The Morgan fingerprint density at radius 2 is 2.12 bits per heavy atom. The van der Waals surface area contributed by atoms with Crippen LogP contribution >= 0.6 is 15.9 Å². The van der Waals surface area contributed by atoms with Crippen LogP contribution in [0.25, 0.3) is 0 Å². The minimum atomic E-state index is -3.40. The minimum Gasteiger partial charge on any atom is -0.211 e. The first-order valence-corrected chi connectivity index (χ1v) is 6.84. The van der Waals surface area contributed by atoms with E-state index in [2.05, 4.69) is 27.2 Å². The van der Waals surface area contributed by atoms with Gasteiger partial charge in [-0.1, -0.05) is 22.5 Å². The lowest BCUT2D eigenvalue weighted by Crippen LogP contribution is -2.23. The molecule has 0 aliphatic carbocycles. The zero-order valence-electron chi connectivity index (χ0n) is 8.41. The number of nitrogens with one attached hydrogen (secondary N) is 1. The molecule has 0 unspecified atom stereocenters. The molecule has 1 aromatic rings. The van der Waals surface area contributed by atoms with Gasteiger partial charge in [0, 0.05) is 16.4 Å². The van der Waals surface area contributed by atoms with Crippen molar-refractivity contribution in [2.24, 2.45) is 0 Å². The predicted octanol–water partition coefficient (Wildman–Crippen LogP) is 2.19. The lowest BCUT2D eigenvalue weighted by molar-refractivity contribution is 0.590. The van der Waals surface area contributed by atoms with Gasteiger partial charge in [0.05, 0.1) is 0 Å². The number of hydrogen-bond donors (Lipinski definition) is 1. The van der Waals surface area contributed by atoms with E-state index < -0.39 is 10.0 Å². The molecule has 88 valence electrons. The monoisotopic (exact) mass is 307 g/mol. The summed E-state index contributed by atoms with van der Waals surface area (Å²) in [4.78, 5) is 0. The highest BCUT2D eigenvalue weighted by Crippen LogP contribution is 2.15. The Bertz CT molecular complexity index is 467. The van der Waals surface area contributed by atoms with E-state index in [0.29, 0.717) is 10.9 Å². The Balaban J connectivity index is 2.59. The Morgan fingerprint density at radius 1 is 1.44 bits per heavy atom. The van der Waals surface area contributed by atoms with Gasteiger partial charge in [-0.2, -0.15) is 0 Å². The topological polar surface area (TPSA) is 46.2 Å². The Kier molecular flexibility index (Phi) is 4.64. The smallest absolute Gasteiger partial charge is 0.211 e. The van der Waals surface area contributed by atoms with Crippen molar-refractivity contribution in [3.8, 4) is 0 Å². The molecule has 3 nitrogen and oxygen atoms in total. The van der Waals surface area contributed by atoms with Gasteiger partial charge in [0.2, 0.25) is 10.0 Å². The molecule has 0 aromatic heterocycles. The van der Waals surface area contributed by atoms with Crippen molar-refractivity contribution in [2.45, 2.75) is 6.42 Å². The number of halogens is 2. The lowest BCUT2D eigenvalue weighted by Gasteiger charge is -2.04. The van der Waals surface area contributed by atoms with Crippen LogP contribution in [0.3, 0.4) is 0 Å². The van der Waals surface area contributed by atoms with Gasteiger partial charge in [0.15, 0.2) is 0 Å². The first-order chi connectivity index (χ1) is 7.43. The van der Waals surface area contributed by atoms with E-state index in [9.17, 15) is 12.8 Å². The van der Waals surface area contributed by atoms with E-state index in [-0.39, 0.29) is 12.4 Å². The van der Waals surface area contributed by atoms with Gasteiger partial charge in [-0.15, -0.1) is 0 Å². The van der Waals surface area contributed by atoms with E-state index in [1.165, 1.54) is 12.1 Å². The molecule has 0 spiro atoms. The largest absolute Gasteiger partial charge is 0.233 e. The second-order valence-corrected chi connectivity index (χ2v) is 5.76. The van der Waals surface area contributed by atoms with Gasteiger partial charge in [0.25, 0.3) is 0 Å². The quantitative estimate of drug-likeness (QED) is 0.906. The molecule has 6 heteroatoms. The number of hydrogen-bond acceptors (Lipinski definition) is 2. The second-order valence-electron chi connectivity index (χ2n) is 3.13. The van der Waals surface area contributed by atoms with Crippen LogP contribution in [0.15, 0.2) is 34.7 Å². The lowest BCUT2D eigenvalue weighted by atomic mass is 10.1. The fourth-order valence-corrected chi connectivity index (χ4v) is 2.17. The summed E-state index contributed by atoms with van der Waals surface area (Å²) in [6.45, 7) is 3.38. The fraction of sp³-hybridized carbons (Fsp3) is 0.200. The third-order valence-corrected chi connectivity index (χ3v) is 3.36. The van der Waals surface area contributed by atoms with Gasteiger partial charge >= 0.3 is 0 Å². The van der Waals surface area contributed by atoms with E-state index in [4.69, 9.17) is 0 Å². The van der Waals surface area contributed by atoms with Crippen LogP contribution in [-0.2, 0) is 16.4 Å². The fourth-order valence-electron chi connectivity index (χ4n) is 1.15. The summed E-state index contributed by atoms with van der Waals surface area (Å²) in [7, 11) is -3.40. The van der Waals surface area contributed by atoms with Crippen LogP contribution in [0.4, 0.5) is 4.39 Å². The van der Waals surface area contributed by atoms with Crippen LogP contribution in [0.5, 0.6) is 0 Å². The second kappa shape index (κ2) is 5.56. The predicted molar refractivity (Wildman–Crippen MR) is 64.9 cm³/mol. The van der Waals surface area contributed by atoms with Crippen molar-refractivity contribution in [2.75, 3.05) is 6.54 Å². The summed E-state index contributed by atoms with van der Waals surface area (Å²) >= 11 is 3.16. The Labute approximate surface area is 103 Å². The molecule has 1 N–H and O–H groups in total. The maximum atomic E-state index is 13.0. The molecule has 0 saturated heterocycles. The molecule has 0 aliphatic rings. The summed E-state index contributed by atoms with van der Waals surface area (Å²) in [5.41, 5.74) is 0.721. The molecule has 0 fully saturated rings. The zero-order valence-corrected chi connectivity index (χ0v) is 10.8. The highest BCUT2D eigenvalue weighted by molar-refractivity contribution is 9.10. The van der Waals surface area contributed by atoms with Crippen molar-refractivity contribution in [3.05, 3.63) is 46.0 Å². The maximum absolute atomic E-state index is 13.0. The summed E-state index contributed by atoms with van der Waals surface area (Å²) in [5, 5.41) is 0.842. The molecular formula is C10H11BrFNO2S. The van der Waals surface area contributed by atoms with Crippen LogP contribution in [0, 0.1) is 5.82 Å². The summed E-state index contributed by atoms with van der Waals surface area (Å²) < 4.78 is 37.9. The molecule has 0 bridgehead atoms. The Hall–Kier alpha value is -0.720. The van der Waals surface area contributed by atoms with Gasteiger partial charge < -0.3 is 0 Å².